The Balaban J connectivity index is 0.00000120. The van der Waals surface area contributed by atoms with Crippen molar-refractivity contribution in [3.05, 3.63) is 23.8 Å². The van der Waals surface area contributed by atoms with Crippen molar-refractivity contribution in [1.82, 2.24) is 5.32 Å². The predicted octanol–water partition coefficient (Wildman–Crippen LogP) is 1.93. The number of nitrogens with two attached hydrogens (primary N) is 2. The van der Waals surface area contributed by atoms with E-state index in [1.807, 2.05) is 18.2 Å². The van der Waals surface area contributed by atoms with Gasteiger partial charge in [0, 0.05) is 11.6 Å². The van der Waals surface area contributed by atoms with Gasteiger partial charge in [-0.1, -0.05) is 12.8 Å². The summed E-state index contributed by atoms with van der Waals surface area (Å²) >= 11 is 0. The van der Waals surface area contributed by atoms with Crippen molar-refractivity contribution < 1.29 is 0 Å². The van der Waals surface area contributed by atoms with Crippen molar-refractivity contribution in [2.45, 2.75) is 37.8 Å². The molecule has 2 aliphatic rings. The first-order chi connectivity index (χ1) is 8.24. The molecular formula is C13H19ClN4. The van der Waals surface area contributed by atoms with Gasteiger partial charge in [-0.3, -0.25) is 4.99 Å². The van der Waals surface area contributed by atoms with E-state index in [-0.39, 0.29) is 12.4 Å². The van der Waals surface area contributed by atoms with Crippen LogP contribution in [0.5, 0.6) is 0 Å². The third kappa shape index (κ3) is 2.25. The van der Waals surface area contributed by atoms with Gasteiger partial charge in [-0.25, -0.2) is 0 Å². The smallest absolute Gasteiger partial charge is 0.128 e. The Morgan fingerprint density at radius 1 is 1.11 bits per heavy atom. The molecule has 1 aliphatic carbocycles. The van der Waals surface area contributed by atoms with Crippen LogP contribution in [0.15, 0.2) is 23.2 Å². The molecule has 0 spiro atoms. The molecule has 2 atom stereocenters. The summed E-state index contributed by atoms with van der Waals surface area (Å²) in [5, 5.41) is 3.51. The zero-order valence-electron chi connectivity index (χ0n) is 10.2. The Morgan fingerprint density at radius 2 is 1.89 bits per heavy atom. The molecule has 1 heterocycles. The first-order valence-electron chi connectivity index (χ1n) is 6.24. The molecule has 1 aromatic rings. The topological polar surface area (TPSA) is 76.4 Å². The van der Waals surface area contributed by atoms with Crippen molar-refractivity contribution in [3.63, 3.8) is 0 Å². The van der Waals surface area contributed by atoms with Crippen LogP contribution in [-0.4, -0.2) is 17.9 Å². The maximum atomic E-state index is 5.83. The Morgan fingerprint density at radius 3 is 2.61 bits per heavy atom. The number of rotatable bonds is 1. The van der Waals surface area contributed by atoms with E-state index in [9.17, 15) is 0 Å². The molecule has 5 N–H and O–H groups in total. The van der Waals surface area contributed by atoms with Crippen LogP contribution < -0.4 is 16.8 Å². The molecular weight excluding hydrogens is 248 g/mol. The van der Waals surface area contributed by atoms with Gasteiger partial charge in [-0.2, -0.15) is 0 Å². The first-order valence-corrected chi connectivity index (χ1v) is 6.24. The van der Waals surface area contributed by atoms with Gasteiger partial charge in [-0.05, 0) is 31.0 Å². The maximum absolute atomic E-state index is 5.83. The summed E-state index contributed by atoms with van der Waals surface area (Å²) in [5.41, 5.74) is 13.8. The summed E-state index contributed by atoms with van der Waals surface area (Å²) in [6.07, 6.45) is 5.03. The second-order valence-electron chi connectivity index (χ2n) is 4.92. The van der Waals surface area contributed by atoms with Crippen LogP contribution in [0.1, 0.15) is 31.2 Å². The molecule has 18 heavy (non-hydrogen) atoms. The lowest BCUT2D eigenvalue weighted by Gasteiger charge is -2.23. The van der Waals surface area contributed by atoms with Crippen LogP contribution in [-0.2, 0) is 0 Å². The van der Waals surface area contributed by atoms with E-state index >= 15 is 0 Å². The number of amidine groups is 1. The van der Waals surface area contributed by atoms with Crippen molar-refractivity contribution in [3.8, 4) is 0 Å². The number of nitrogens with one attached hydrogen (secondary N) is 1. The number of hydrogen-bond acceptors (Lipinski definition) is 4. The van der Waals surface area contributed by atoms with Crippen LogP contribution in [0, 0.1) is 0 Å². The average molecular weight is 267 g/mol. The van der Waals surface area contributed by atoms with Gasteiger partial charge < -0.3 is 16.8 Å². The number of benzene rings is 1. The lowest BCUT2D eigenvalue weighted by Crippen LogP contribution is -2.37. The average Bonchev–Trinajstić information content (AvgIpc) is 2.76. The molecule has 2 unspecified atom stereocenters. The van der Waals surface area contributed by atoms with Gasteiger partial charge in [0.2, 0.25) is 0 Å². The number of aliphatic imine (C=N–C) groups is 1. The van der Waals surface area contributed by atoms with Gasteiger partial charge >= 0.3 is 0 Å². The number of hydrogen-bond donors (Lipinski definition) is 3. The van der Waals surface area contributed by atoms with Gasteiger partial charge in [0.1, 0.15) is 5.84 Å². The van der Waals surface area contributed by atoms with Gasteiger partial charge in [0.15, 0.2) is 0 Å². The van der Waals surface area contributed by atoms with E-state index in [0.29, 0.717) is 23.5 Å². The zero-order valence-corrected chi connectivity index (χ0v) is 11.0. The molecule has 0 saturated heterocycles. The van der Waals surface area contributed by atoms with Crippen LogP contribution in [0.3, 0.4) is 0 Å². The molecule has 1 aromatic carbocycles. The maximum Gasteiger partial charge on any atom is 0.128 e. The second kappa shape index (κ2) is 5.06. The second-order valence-corrected chi connectivity index (χ2v) is 4.92. The van der Waals surface area contributed by atoms with E-state index in [2.05, 4.69) is 5.32 Å². The van der Waals surface area contributed by atoms with Crippen LogP contribution >= 0.6 is 12.4 Å². The summed E-state index contributed by atoms with van der Waals surface area (Å²) in [4.78, 5) is 4.76. The highest BCUT2D eigenvalue weighted by Gasteiger charge is 2.31. The molecule has 0 bridgehead atoms. The number of nitrogen functional groups attached to an aromatic ring is 2. The molecule has 4 nitrogen and oxygen atoms in total. The van der Waals surface area contributed by atoms with Gasteiger partial charge in [-0.15, -0.1) is 12.4 Å². The number of anilines is 2. The highest BCUT2D eigenvalue weighted by molar-refractivity contribution is 6.01. The van der Waals surface area contributed by atoms with Crippen LogP contribution in [0.2, 0.25) is 0 Å². The fraction of sp³-hybridized carbons (Fsp3) is 0.462. The summed E-state index contributed by atoms with van der Waals surface area (Å²) in [7, 11) is 0. The largest absolute Gasteiger partial charge is 0.397 e. The summed E-state index contributed by atoms with van der Waals surface area (Å²) < 4.78 is 0. The van der Waals surface area contributed by atoms with E-state index in [1.165, 1.54) is 25.7 Å². The summed E-state index contributed by atoms with van der Waals surface area (Å²) in [6.45, 7) is 0. The van der Waals surface area contributed by atoms with Gasteiger partial charge in [0.25, 0.3) is 0 Å². The Hall–Kier alpha value is -1.42. The monoisotopic (exact) mass is 266 g/mol. The molecule has 3 rings (SSSR count). The van der Waals surface area contributed by atoms with E-state index < -0.39 is 0 Å². The minimum absolute atomic E-state index is 0. The van der Waals surface area contributed by atoms with E-state index in [0.717, 1.165) is 11.4 Å². The van der Waals surface area contributed by atoms with Crippen molar-refractivity contribution >= 4 is 29.6 Å². The Bertz CT molecular complexity index is 472. The fourth-order valence-corrected chi connectivity index (χ4v) is 2.69. The number of fused-ring (bicyclic) bond motifs is 1. The first kappa shape index (κ1) is 13.0. The SMILES string of the molecule is Cl.Nc1ccc(C2=NC3CCCCC3N2)cc1N. The van der Waals surface area contributed by atoms with E-state index in [1.54, 1.807) is 0 Å². The Kier molecular flexibility index (Phi) is 3.66. The summed E-state index contributed by atoms with van der Waals surface area (Å²) in [5.74, 6) is 0.980. The molecule has 1 fully saturated rings. The van der Waals surface area contributed by atoms with E-state index in [4.69, 9.17) is 16.5 Å². The lowest BCUT2D eigenvalue weighted by molar-refractivity contribution is 0.385. The predicted molar refractivity (Wildman–Crippen MR) is 78.2 cm³/mol. The fourth-order valence-electron chi connectivity index (χ4n) is 2.69. The summed E-state index contributed by atoms with van der Waals surface area (Å²) in [6, 6.07) is 6.71. The highest BCUT2D eigenvalue weighted by atomic mass is 35.5. The molecule has 5 heteroatoms. The molecule has 0 amide bonds. The van der Waals surface area contributed by atoms with Crippen molar-refractivity contribution in [2.24, 2.45) is 4.99 Å². The molecule has 98 valence electrons. The molecule has 1 aliphatic heterocycles. The Labute approximate surface area is 113 Å². The molecule has 0 radical (unpaired) electrons. The normalized spacial score (nSPS) is 25.7. The molecule has 1 saturated carbocycles. The highest BCUT2D eigenvalue weighted by Crippen LogP contribution is 2.27. The zero-order chi connectivity index (χ0) is 11.8. The van der Waals surface area contributed by atoms with Crippen molar-refractivity contribution in [2.75, 3.05) is 11.5 Å². The number of nitrogens with zero attached hydrogens (tertiary/aromatic N) is 1. The van der Waals surface area contributed by atoms with Crippen molar-refractivity contribution in [1.29, 1.82) is 0 Å². The third-order valence-corrected chi connectivity index (χ3v) is 3.71. The lowest BCUT2D eigenvalue weighted by atomic mass is 9.92. The number of halogens is 1. The quantitative estimate of drug-likeness (QED) is 0.680. The third-order valence-electron chi connectivity index (χ3n) is 3.71. The standard InChI is InChI=1S/C13H18N4.ClH/c14-9-6-5-8(7-10(9)15)13-16-11-3-1-2-4-12(11)17-13;/h5-7,11-12H,1-4,14-15H2,(H,16,17);1H. The minimum Gasteiger partial charge on any atom is -0.397 e. The minimum atomic E-state index is 0. The van der Waals surface area contributed by atoms with Crippen LogP contribution in [0.25, 0.3) is 0 Å². The van der Waals surface area contributed by atoms with Gasteiger partial charge in [0.05, 0.1) is 17.4 Å². The molecule has 0 aromatic heterocycles. The van der Waals surface area contributed by atoms with Crippen LogP contribution in [0.4, 0.5) is 11.4 Å².